The lowest BCUT2D eigenvalue weighted by Crippen LogP contribution is -2.25. The van der Waals surface area contributed by atoms with E-state index in [1.54, 1.807) is 18.4 Å². The van der Waals surface area contributed by atoms with Crippen molar-refractivity contribution in [2.45, 2.75) is 25.9 Å². The second kappa shape index (κ2) is 4.03. The number of hydrogen-bond acceptors (Lipinski definition) is 4. The normalized spacial score (nSPS) is 12.2. The first-order chi connectivity index (χ1) is 7.50. The lowest BCUT2D eigenvalue weighted by molar-refractivity contribution is 0.0232. The number of nitrogens with two attached hydrogens (primary N) is 1. The van der Waals surface area contributed by atoms with Crippen molar-refractivity contribution in [2.24, 2.45) is 0 Å². The third-order valence-electron chi connectivity index (χ3n) is 2.59. The maximum Gasteiger partial charge on any atom is 0.0967 e. The van der Waals surface area contributed by atoms with Gasteiger partial charge in [0, 0.05) is 19.2 Å². The molecule has 4 heteroatoms. The topological polar surface area (TPSA) is 48.1 Å². The van der Waals surface area contributed by atoms with E-state index in [0.29, 0.717) is 0 Å². The zero-order chi connectivity index (χ0) is 11.8. The largest absolute Gasteiger partial charge is 0.399 e. The van der Waals surface area contributed by atoms with Gasteiger partial charge < -0.3 is 10.5 Å². The summed E-state index contributed by atoms with van der Waals surface area (Å²) in [7, 11) is 1.73. The molecule has 0 fully saturated rings. The standard InChI is InChI=1S/C12H16N2OS/c1-12(2,15-3)7-11-14-9-5-4-8(13)6-10(9)16-11/h4-6H,7,13H2,1-3H3. The minimum atomic E-state index is -0.167. The van der Waals surface area contributed by atoms with Gasteiger partial charge in [-0.2, -0.15) is 0 Å². The third kappa shape index (κ3) is 2.33. The quantitative estimate of drug-likeness (QED) is 0.834. The average Bonchev–Trinajstić information content (AvgIpc) is 2.58. The summed E-state index contributed by atoms with van der Waals surface area (Å²) in [5.74, 6) is 0. The zero-order valence-electron chi connectivity index (χ0n) is 9.78. The van der Waals surface area contributed by atoms with Gasteiger partial charge in [0.1, 0.15) is 0 Å². The van der Waals surface area contributed by atoms with Crippen LogP contribution in [0, 0.1) is 0 Å². The van der Waals surface area contributed by atoms with E-state index in [0.717, 1.165) is 27.3 Å². The van der Waals surface area contributed by atoms with Crippen LogP contribution in [0.3, 0.4) is 0 Å². The number of methoxy groups -OCH3 is 1. The van der Waals surface area contributed by atoms with Gasteiger partial charge in [-0.15, -0.1) is 11.3 Å². The maximum absolute atomic E-state index is 5.74. The maximum atomic E-state index is 5.74. The van der Waals surface area contributed by atoms with Crippen molar-refractivity contribution < 1.29 is 4.74 Å². The molecule has 86 valence electrons. The van der Waals surface area contributed by atoms with Gasteiger partial charge in [0.2, 0.25) is 0 Å². The number of rotatable bonds is 3. The Labute approximate surface area is 99.3 Å². The van der Waals surface area contributed by atoms with Crippen LogP contribution < -0.4 is 5.73 Å². The molecule has 2 aromatic rings. The van der Waals surface area contributed by atoms with Crippen molar-refractivity contribution in [3.05, 3.63) is 23.2 Å². The summed E-state index contributed by atoms with van der Waals surface area (Å²) in [6, 6.07) is 5.81. The van der Waals surface area contributed by atoms with Crippen LogP contribution in [0.25, 0.3) is 10.2 Å². The summed E-state index contributed by atoms with van der Waals surface area (Å²) in [4.78, 5) is 4.57. The number of thiazole rings is 1. The van der Waals surface area contributed by atoms with Gasteiger partial charge in [0.15, 0.2) is 0 Å². The van der Waals surface area contributed by atoms with Gasteiger partial charge in [0.25, 0.3) is 0 Å². The Morgan fingerprint density at radius 3 is 2.88 bits per heavy atom. The SMILES string of the molecule is COC(C)(C)Cc1nc2ccc(N)cc2s1. The van der Waals surface area contributed by atoms with Gasteiger partial charge in [-0.1, -0.05) is 0 Å². The Kier molecular flexibility index (Phi) is 2.86. The van der Waals surface area contributed by atoms with Gasteiger partial charge in [0.05, 0.1) is 20.8 Å². The number of nitrogens with zero attached hydrogens (tertiary/aromatic N) is 1. The zero-order valence-corrected chi connectivity index (χ0v) is 10.6. The predicted molar refractivity (Wildman–Crippen MR) is 68.8 cm³/mol. The number of ether oxygens (including phenoxy) is 1. The Hall–Kier alpha value is -1.13. The minimum absolute atomic E-state index is 0.167. The highest BCUT2D eigenvalue weighted by Crippen LogP contribution is 2.27. The van der Waals surface area contributed by atoms with Crippen molar-refractivity contribution in [2.75, 3.05) is 12.8 Å². The van der Waals surface area contributed by atoms with E-state index in [2.05, 4.69) is 18.8 Å². The van der Waals surface area contributed by atoms with Gasteiger partial charge in [-0.3, -0.25) is 0 Å². The van der Waals surface area contributed by atoms with Crippen LogP contribution in [0.5, 0.6) is 0 Å². The Balaban J connectivity index is 2.33. The van der Waals surface area contributed by atoms with E-state index in [-0.39, 0.29) is 5.60 Å². The Morgan fingerprint density at radius 2 is 2.19 bits per heavy atom. The first-order valence-corrected chi connectivity index (χ1v) is 6.02. The lowest BCUT2D eigenvalue weighted by atomic mass is 10.1. The van der Waals surface area contributed by atoms with E-state index in [1.165, 1.54) is 0 Å². The first-order valence-electron chi connectivity index (χ1n) is 5.20. The molecule has 1 heterocycles. The Bertz CT molecular complexity index is 505. The molecule has 0 aliphatic heterocycles. The second-order valence-electron chi connectivity index (χ2n) is 4.48. The molecule has 1 aromatic carbocycles. The molecule has 0 saturated carbocycles. The van der Waals surface area contributed by atoms with Crippen molar-refractivity contribution in [3.8, 4) is 0 Å². The molecular formula is C12H16N2OS. The van der Waals surface area contributed by atoms with Gasteiger partial charge in [-0.25, -0.2) is 4.98 Å². The molecule has 1 aromatic heterocycles. The van der Waals surface area contributed by atoms with E-state index >= 15 is 0 Å². The molecule has 0 atom stereocenters. The highest BCUT2D eigenvalue weighted by molar-refractivity contribution is 7.18. The van der Waals surface area contributed by atoms with Crippen molar-refractivity contribution in [3.63, 3.8) is 0 Å². The highest BCUT2D eigenvalue weighted by Gasteiger charge is 2.19. The van der Waals surface area contributed by atoms with Gasteiger partial charge in [-0.05, 0) is 32.0 Å². The molecule has 0 spiro atoms. The number of hydrogen-bond donors (Lipinski definition) is 1. The molecule has 0 radical (unpaired) electrons. The van der Waals surface area contributed by atoms with Crippen LogP contribution in [0.15, 0.2) is 18.2 Å². The molecule has 3 nitrogen and oxygen atoms in total. The van der Waals surface area contributed by atoms with E-state index in [9.17, 15) is 0 Å². The second-order valence-corrected chi connectivity index (χ2v) is 5.59. The summed E-state index contributed by atoms with van der Waals surface area (Å²) in [6.07, 6.45) is 0.822. The van der Waals surface area contributed by atoms with E-state index in [1.807, 2.05) is 18.2 Å². The van der Waals surface area contributed by atoms with Crippen LogP contribution in [0.2, 0.25) is 0 Å². The summed E-state index contributed by atoms with van der Waals surface area (Å²) < 4.78 is 6.54. The van der Waals surface area contributed by atoms with Crippen LogP contribution in [-0.4, -0.2) is 17.7 Å². The molecule has 0 amide bonds. The van der Waals surface area contributed by atoms with Gasteiger partial charge >= 0.3 is 0 Å². The molecule has 16 heavy (non-hydrogen) atoms. The number of fused-ring (bicyclic) bond motifs is 1. The number of aromatic nitrogens is 1. The summed E-state index contributed by atoms with van der Waals surface area (Å²) in [6.45, 7) is 4.13. The summed E-state index contributed by atoms with van der Waals surface area (Å²) >= 11 is 1.68. The highest BCUT2D eigenvalue weighted by atomic mass is 32.1. The fourth-order valence-electron chi connectivity index (χ4n) is 1.50. The third-order valence-corrected chi connectivity index (χ3v) is 3.60. The molecular weight excluding hydrogens is 220 g/mol. The van der Waals surface area contributed by atoms with Crippen molar-refractivity contribution >= 4 is 27.2 Å². The van der Waals surface area contributed by atoms with E-state index < -0.39 is 0 Å². The molecule has 0 unspecified atom stereocenters. The van der Waals surface area contributed by atoms with Crippen LogP contribution >= 0.6 is 11.3 Å². The van der Waals surface area contributed by atoms with Crippen LogP contribution in [0.4, 0.5) is 5.69 Å². The molecule has 2 N–H and O–H groups in total. The smallest absolute Gasteiger partial charge is 0.0967 e. The molecule has 0 aliphatic carbocycles. The number of benzene rings is 1. The number of nitrogen functional groups attached to an aromatic ring is 1. The van der Waals surface area contributed by atoms with Crippen molar-refractivity contribution in [1.82, 2.24) is 4.98 Å². The summed E-state index contributed by atoms with van der Waals surface area (Å²) in [5, 5.41) is 1.09. The average molecular weight is 236 g/mol. The fourth-order valence-corrected chi connectivity index (χ4v) is 2.73. The van der Waals surface area contributed by atoms with Crippen molar-refractivity contribution in [1.29, 1.82) is 0 Å². The van der Waals surface area contributed by atoms with E-state index in [4.69, 9.17) is 10.5 Å². The molecule has 0 aliphatic rings. The summed E-state index contributed by atoms with van der Waals surface area (Å²) in [5.41, 5.74) is 7.37. The monoisotopic (exact) mass is 236 g/mol. The fraction of sp³-hybridized carbons (Fsp3) is 0.417. The minimum Gasteiger partial charge on any atom is -0.399 e. The first kappa shape index (κ1) is 11.4. The molecule has 0 bridgehead atoms. The molecule has 2 rings (SSSR count). The Morgan fingerprint density at radius 1 is 1.44 bits per heavy atom. The van der Waals surface area contributed by atoms with Crippen LogP contribution in [0.1, 0.15) is 18.9 Å². The number of anilines is 1. The predicted octanol–water partition coefficient (Wildman–Crippen LogP) is 2.85. The lowest BCUT2D eigenvalue weighted by Gasteiger charge is -2.20. The molecule has 0 saturated heterocycles. The van der Waals surface area contributed by atoms with Crippen LogP contribution in [-0.2, 0) is 11.2 Å².